The summed E-state index contributed by atoms with van der Waals surface area (Å²) in [7, 11) is 0. The van der Waals surface area contributed by atoms with Crippen molar-refractivity contribution in [2.45, 2.75) is 25.4 Å². The maximum absolute atomic E-state index is 10.8. The van der Waals surface area contributed by atoms with E-state index in [1.807, 2.05) is 0 Å². The minimum atomic E-state index is -0.511. The van der Waals surface area contributed by atoms with Crippen molar-refractivity contribution in [1.82, 2.24) is 5.32 Å². The van der Waals surface area contributed by atoms with Crippen molar-refractivity contribution in [3.8, 4) is 0 Å². The lowest BCUT2D eigenvalue weighted by Crippen LogP contribution is -2.33. The maximum Gasteiger partial charge on any atom is 0.251 e. The smallest absolute Gasteiger partial charge is 0.251 e. The van der Waals surface area contributed by atoms with E-state index in [9.17, 15) is 4.79 Å². The third kappa shape index (κ3) is 2.75. The molecule has 5 N–H and O–H groups in total. The van der Waals surface area contributed by atoms with Gasteiger partial charge in [0, 0.05) is 6.04 Å². The molecule has 1 aromatic rings. The molecule has 0 radical (unpaired) electrons. The fraction of sp³-hybridized carbons (Fsp3) is 0.400. The van der Waals surface area contributed by atoms with E-state index in [-0.39, 0.29) is 0 Å². The molecular formula is C10H14N4O2. The first-order chi connectivity index (χ1) is 7.65. The van der Waals surface area contributed by atoms with Crippen LogP contribution in [0.3, 0.4) is 0 Å². The normalized spacial score (nSPS) is 16.1. The molecule has 1 heterocycles. The Bertz CT molecular complexity index is 420. The summed E-state index contributed by atoms with van der Waals surface area (Å²) < 4.78 is 5.11. The quantitative estimate of drug-likeness (QED) is 0.490. The molecule has 1 aromatic heterocycles. The van der Waals surface area contributed by atoms with Crippen LogP contribution in [0, 0.1) is 0 Å². The van der Waals surface area contributed by atoms with Crippen molar-refractivity contribution in [2.24, 2.45) is 16.5 Å². The van der Waals surface area contributed by atoms with E-state index in [0.29, 0.717) is 29.9 Å². The fourth-order valence-electron chi connectivity index (χ4n) is 1.24. The lowest BCUT2D eigenvalue weighted by atomic mass is 10.3. The van der Waals surface area contributed by atoms with Crippen LogP contribution in [0.25, 0.3) is 0 Å². The van der Waals surface area contributed by atoms with Gasteiger partial charge in [0.2, 0.25) is 0 Å². The summed E-state index contributed by atoms with van der Waals surface area (Å²) in [5.41, 5.74) is 11.1. The summed E-state index contributed by atoms with van der Waals surface area (Å²) in [5, 5.41) is 3.05. The van der Waals surface area contributed by atoms with E-state index in [4.69, 9.17) is 15.9 Å². The second-order valence-corrected chi connectivity index (χ2v) is 3.79. The van der Waals surface area contributed by atoms with Crippen LogP contribution >= 0.6 is 0 Å². The molecule has 86 valence electrons. The molecule has 0 atom stereocenters. The van der Waals surface area contributed by atoms with Gasteiger partial charge >= 0.3 is 0 Å². The molecule has 6 heteroatoms. The molecule has 2 rings (SSSR count). The summed E-state index contributed by atoms with van der Waals surface area (Å²) in [6, 6.07) is 2.04. The van der Waals surface area contributed by atoms with Gasteiger partial charge in [0.1, 0.15) is 18.6 Å². The van der Waals surface area contributed by atoms with Gasteiger partial charge in [-0.05, 0) is 18.9 Å². The van der Waals surface area contributed by atoms with E-state index in [2.05, 4.69) is 10.3 Å². The Labute approximate surface area is 92.7 Å². The van der Waals surface area contributed by atoms with E-state index in [1.165, 1.54) is 6.26 Å². The van der Waals surface area contributed by atoms with Gasteiger partial charge in [0.25, 0.3) is 5.91 Å². The standard InChI is InChI=1S/C10H14N4O2/c11-9(15)6-3-8(16-5-6)4-13-10(12)14-7-1-2-7/h3,5,7H,1-2,4H2,(H2,11,15)(H3,12,13,14). The lowest BCUT2D eigenvalue weighted by Gasteiger charge is -2.01. The van der Waals surface area contributed by atoms with Gasteiger partial charge < -0.3 is 21.2 Å². The number of guanidine groups is 1. The molecule has 0 unspecified atom stereocenters. The molecule has 0 spiro atoms. The molecule has 1 aliphatic carbocycles. The Morgan fingerprint density at radius 2 is 2.31 bits per heavy atom. The number of amides is 1. The zero-order valence-electron chi connectivity index (χ0n) is 8.77. The molecule has 1 fully saturated rings. The number of nitrogens with two attached hydrogens (primary N) is 2. The average Bonchev–Trinajstić information content (AvgIpc) is 2.91. The number of nitrogens with one attached hydrogen (secondary N) is 1. The summed E-state index contributed by atoms with van der Waals surface area (Å²) in [6.45, 7) is 0.304. The van der Waals surface area contributed by atoms with Crippen molar-refractivity contribution in [3.63, 3.8) is 0 Å². The molecule has 1 aliphatic rings. The zero-order chi connectivity index (χ0) is 11.5. The summed E-state index contributed by atoms with van der Waals surface area (Å²) in [5.74, 6) is 0.455. The number of hydrogen-bond donors (Lipinski definition) is 3. The van der Waals surface area contributed by atoms with E-state index in [0.717, 1.165) is 12.8 Å². The van der Waals surface area contributed by atoms with E-state index in [1.54, 1.807) is 6.07 Å². The van der Waals surface area contributed by atoms with Crippen LogP contribution in [0.5, 0.6) is 0 Å². The number of furan rings is 1. The number of rotatable bonds is 4. The van der Waals surface area contributed by atoms with Gasteiger partial charge in [0.05, 0.1) is 5.56 Å². The summed E-state index contributed by atoms with van der Waals surface area (Å²) in [6.07, 6.45) is 3.60. The molecule has 1 amide bonds. The van der Waals surface area contributed by atoms with Gasteiger partial charge in [-0.25, -0.2) is 4.99 Å². The Kier molecular flexibility index (Phi) is 2.80. The number of primary amides is 1. The highest BCUT2D eigenvalue weighted by atomic mass is 16.3. The minimum absolute atomic E-state index is 0.304. The average molecular weight is 222 g/mol. The van der Waals surface area contributed by atoms with Gasteiger partial charge in [-0.3, -0.25) is 4.79 Å². The molecular weight excluding hydrogens is 208 g/mol. The number of aliphatic imine (C=N–C) groups is 1. The second-order valence-electron chi connectivity index (χ2n) is 3.79. The topological polar surface area (TPSA) is 107 Å². The highest BCUT2D eigenvalue weighted by molar-refractivity contribution is 5.92. The number of carbonyl (C=O) groups is 1. The summed E-state index contributed by atoms with van der Waals surface area (Å²) >= 11 is 0. The van der Waals surface area contributed by atoms with Crippen LogP contribution in [-0.2, 0) is 6.54 Å². The van der Waals surface area contributed by atoms with Crippen LogP contribution in [0.1, 0.15) is 29.0 Å². The van der Waals surface area contributed by atoms with Crippen LogP contribution in [0.15, 0.2) is 21.7 Å². The molecule has 0 aromatic carbocycles. The highest BCUT2D eigenvalue weighted by Gasteiger charge is 2.21. The summed E-state index contributed by atoms with van der Waals surface area (Å²) in [4.78, 5) is 14.9. The maximum atomic E-state index is 10.8. The Morgan fingerprint density at radius 1 is 1.56 bits per heavy atom. The van der Waals surface area contributed by atoms with Gasteiger partial charge in [-0.1, -0.05) is 0 Å². The Balaban J connectivity index is 1.89. The molecule has 16 heavy (non-hydrogen) atoms. The molecule has 0 aliphatic heterocycles. The first-order valence-corrected chi connectivity index (χ1v) is 5.09. The van der Waals surface area contributed by atoms with Crippen LogP contribution < -0.4 is 16.8 Å². The van der Waals surface area contributed by atoms with Crippen LogP contribution in [0.2, 0.25) is 0 Å². The van der Waals surface area contributed by atoms with Crippen molar-refractivity contribution in [3.05, 3.63) is 23.7 Å². The largest absolute Gasteiger partial charge is 0.467 e. The molecule has 0 bridgehead atoms. The van der Waals surface area contributed by atoms with Crippen LogP contribution in [0.4, 0.5) is 0 Å². The molecule has 1 saturated carbocycles. The fourth-order valence-corrected chi connectivity index (χ4v) is 1.24. The second kappa shape index (κ2) is 4.26. The third-order valence-electron chi connectivity index (χ3n) is 2.27. The number of nitrogens with zero attached hydrogens (tertiary/aromatic N) is 1. The lowest BCUT2D eigenvalue weighted by molar-refractivity contribution is 0.0999. The van der Waals surface area contributed by atoms with Gasteiger partial charge in [0.15, 0.2) is 5.96 Å². The Hall–Kier alpha value is -1.98. The van der Waals surface area contributed by atoms with Crippen LogP contribution in [-0.4, -0.2) is 17.9 Å². The monoisotopic (exact) mass is 222 g/mol. The predicted octanol–water partition coefficient (Wildman–Crippen LogP) is -0.0548. The van der Waals surface area contributed by atoms with Crippen molar-refractivity contribution in [1.29, 1.82) is 0 Å². The van der Waals surface area contributed by atoms with Crippen molar-refractivity contribution >= 4 is 11.9 Å². The third-order valence-corrected chi connectivity index (χ3v) is 2.27. The minimum Gasteiger partial charge on any atom is -0.467 e. The van der Waals surface area contributed by atoms with Gasteiger partial charge in [-0.2, -0.15) is 0 Å². The zero-order valence-corrected chi connectivity index (χ0v) is 8.77. The number of carbonyl (C=O) groups excluding carboxylic acids is 1. The van der Waals surface area contributed by atoms with E-state index < -0.39 is 5.91 Å². The van der Waals surface area contributed by atoms with E-state index >= 15 is 0 Å². The predicted molar refractivity (Wildman–Crippen MR) is 58.7 cm³/mol. The number of hydrogen-bond acceptors (Lipinski definition) is 3. The SMILES string of the molecule is NC(=O)c1coc(CN=C(N)NC2CC2)c1. The first-order valence-electron chi connectivity index (χ1n) is 5.09. The first kappa shape index (κ1) is 10.5. The van der Waals surface area contributed by atoms with Crippen molar-refractivity contribution < 1.29 is 9.21 Å². The molecule has 0 saturated heterocycles. The molecule has 6 nitrogen and oxygen atoms in total. The highest BCUT2D eigenvalue weighted by Crippen LogP contribution is 2.18. The van der Waals surface area contributed by atoms with Gasteiger partial charge in [-0.15, -0.1) is 0 Å². The van der Waals surface area contributed by atoms with Crippen molar-refractivity contribution in [2.75, 3.05) is 0 Å². The Morgan fingerprint density at radius 3 is 2.88 bits per heavy atom.